The third kappa shape index (κ3) is 5.19. The fourth-order valence-electron chi connectivity index (χ4n) is 9.07. The number of nitrogens with zero attached hydrogens (tertiary/aromatic N) is 2. The van der Waals surface area contributed by atoms with Crippen molar-refractivity contribution < 1.29 is 0 Å². The summed E-state index contributed by atoms with van der Waals surface area (Å²) in [4.78, 5) is 8.52. The first-order valence-electron chi connectivity index (χ1n) is 19.8. The van der Waals surface area contributed by atoms with E-state index in [2.05, 4.69) is 221 Å². The van der Waals surface area contributed by atoms with Gasteiger partial charge in [0.25, 0.3) is 0 Å². The van der Waals surface area contributed by atoms with Gasteiger partial charge >= 0.3 is 0 Å². The van der Waals surface area contributed by atoms with Crippen LogP contribution in [-0.2, 0) is 0 Å². The number of nitrogens with one attached hydrogen (secondary N) is 1. The normalized spacial score (nSPS) is 11.8. The van der Waals surface area contributed by atoms with Gasteiger partial charge in [0.05, 0.1) is 5.69 Å². The van der Waals surface area contributed by atoms with Crippen molar-refractivity contribution in [3.8, 4) is 33.5 Å². The Hall–Kier alpha value is -7.40. The molecular weight excluding hydrogens is 723 g/mol. The summed E-state index contributed by atoms with van der Waals surface area (Å²) in [5.74, 6) is 0. The molecular formula is C54H35N3S. The van der Waals surface area contributed by atoms with E-state index in [0.29, 0.717) is 0 Å². The van der Waals surface area contributed by atoms with E-state index in [1.165, 1.54) is 69.8 Å². The first-order valence-corrected chi connectivity index (χ1v) is 20.6. The van der Waals surface area contributed by atoms with Crippen LogP contribution in [0.25, 0.3) is 75.4 Å². The highest BCUT2D eigenvalue weighted by Crippen LogP contribution is 2.51. The van der Waals surface area contributed by atoms with Crippen LogP contribution in [0.2, 0.25) is 0 Å². The van der Waals surface area contributed by atoms with Gasteiger partial charge in [-0.15, -0.1) is 11.3 Å². The molecule has 9 aromatic carbocycles. The first kappa shape index (κ1) is 32.8. The Morgan fingerprint density at radius 3 is 1.55 bits per heavy atom. The molecule has 0 saturated carbocycles. The van der Waals surface area contributed by atoms with E-state index in [0.717, 1.165) is 39.6 Å². The first-order chi connectivity index (χ1) is 28.7. The zero-order valence-electron chi connectivity index (χ0n) is 31.4. The number of anilines is 6. The molecule has 0 fully saturated rings. The van der Waals surface area contributed by atoms with Crippen molar-refractivity contribution in [1.82, 2.24) is 4.98 Å². The molecule has 0 unspecified atom stereocenters. The Kier molecular flexibility index (Phi) is 7.40. The fourth-order valence-corrected chi connectivity index (χ4v) is 10.2. The minimum Gasteiger partial charge on any atom is -0.354 e. The number of H-pyrrole nitrogens is 1. The number of aromatic amines is 1. The number of fused-ring (bicyclic) bond motifs is 8. The van der Waals surface area contributed by atoms with Gasteiger partial charge in [0, 0.05) is 76.3 Å². The second kappa shape index (κ2) is 13.1. The largest absolute Gasteiger partial charge is 0.354 e. The maximum atomic E-state index is 3.80. The summed E-state index contributed by atoms with van der Waals surface area (Å²) in [6.45, 7) is 0. The smallest absolute Gasteiger partial charge is 0.0551 e. The van der Waals surface area contributed by atoms with Gasteiger partial charge in [-0.2, -0.15) is 0 Å². The van der Waals surface area contributed by atoms with Gasteiger partial charge in [0.1, 0.15) is 0 Å². The van der Waals surface area contributed by atoms with Gasteiger partial charge in [0.2, 0.25) is 0 Å². The second-order valence-corrected chi connectivity index (χ2v) is 16.1. The van der Waals surface area contributed by atoms with E-state index in [9.17, 15) is 0 Å². The van der Waals surface area contributed by atoms with Crippen molar-refractivity contribution in [3.63, 3.8) is 0 Å². The van der Waals surface area contributed by atoms with Crippen molar-refractivity contribution in [1.29, 1.82) is 0 Å². The van der Waals surface area contributed by atoms with Crippen molar-refractivity contribution in [3.05, 3.63) is 206 Å². The minimum absolute atomic E-state index is 1.11. The monoisotopic (exact) mass is 757 g/mol. The fraction of sp³-hybridized carbons (Fsp3) is 0. The van der Waals surface area contributed by atoms with Crippen molar-refractivity contribution in [2.45, 2.75) is 0 Å². The number of hydrogen-bond acceptors (Lipinski definition) is 3. The topological polar surface area (TPSA) is 22.3 Å². The molecule has 0 aliphatic heterocycles. The van der Waals surface area contributed by atoms with Crippen LogP contribution in [0.4, 0.5) is 34.1 Å². The number of benzene rings is 9. The average Bonchev–Trinajstić information content (AvgIpc) is 3.95. The van der Waals surface area contributed by atoms with Gasteiger partial charge in [-0.05, 0) is 118 Å². The molecule has 0 saturated heterocycles. The highest BCUT2D eigenvalue weighted by atomic mass is 32.1. The maximum absolute atomic E-state index is 3.80. The van der Waals surface area contributed by atoms with Crippen LogP contribution in [0.15, 0.2) is 206 Å². The van der Waals surface area contributed by atoms with Gasteiger partial charge < -0.3 is 14.8 Å². The van der Waals surface area contributed by atoms with E-state index in [-0.39, 0.29) is 0 Å². The molecule has 1 N–H and O–H groups in total. The molecule has 12 rings (SSSR count). The Balaban J connectivity index is 0.961. The Labute approximate surface area is 340 Å². The van der Waals surface area contributed by atoms with Crippen LogP contribution in [0.3, 0.4) is 0 Å². The summed E-state index contributed by atoms with van der Waals surface area (Å²) in [5.41, 5.74) is 15.3. The van der Waals surface area contributed by atoms with Crippen LogP contribution in [0.5, 0.6) is 0 Å². The lowest BCUT2D eigenvalue weighted by molar-refractivity contribution is 1.28. The standard InChI is InChI=1S/C54H35N3S/c1-3-13-38(14-4-1)56(39-15-5-2-6-16-39)40-25-21-35(22-26-40)36-23-27-41(28-24-36)57(43-30-32-51-47(33-43)44-17-7-8-20-50(44)58-51)42-29-31-49-48(34-42)53-45-18-9-11-37-12-10-19-46(52(37)45)54(53)55-49/h1-34,55H. The molecule has 2 aromatic heterocycles. The zero-order chi connectivity index (χ0) is 38.2. The molecule has 272 valence electrons. The molecule has 4 heteroatoms. The maximum Gasteiger partial charge on any atom is 0.0551 e. The summed E-state index contributed by atoms with van der Waals surface area (Å²) in [7, 11) is 0. The SMILES string of the molecule is c1ccc(N(c2ccccc2)c2ccc(-c3ccc(N(c4ccc5[nH]c6c(c5c4)-c4cccc5cccc-6c45)c4ccc5sc6ccccc6c5c4)cc3)cc2)cc1. The Morgan fingerprint density at radius 2 is 0.879 bits per heavy atom. The summed E-state index contributed by atoms with van der Waals surface area (Å²) in [6, 6.07) is 74.9. The molecule has 1 aliphatic rings. The van der Waals surface area contributed by atoms with Gasteiger partial charge in [-0.3, -0.25) is 0 Å². The van der Waals surface area contributed by atoms with Crippen LogP contribution in [0.1, 0.15) is 0 Å². The molecule has 0 spiro atoms. The molecule has 3 nitrogen and oxygen atoms in total. The highest BCUT2D eigenvalue weighted by Gasteiger charge is 2.26. The summed E-state index contributed by atoms with van der Waals surface area (Å²) >= 11 is 1.86. The van der Waals surface area contributed by atoms with E-state index in [1.807, 2.05) is 11.3 Å². The zero-order valence-corrected chi connectivity index (χ0v) is 32.2. The Morgan fingerprint density at radius 1 is 0.362 bits per heavy atom. The lowest BCUT2D eigenvalue weighted by Gasteiger charge is -2.26. The summed E-state index contributed by atoms with van der Waals surface area (Å²) in [5, 5.41) is 6.43. The molecule has 0 bridgehead atoms. The van der Waals surface area contributed by atoms with Gasteiger partial charge in [-0.25, -0.2) is 0 Å². The van der Waals surface area contributed by atoms with Crippen LogP contribution >= 0.6 is 11.3 Å². The van der Waals surface area contributed by atoms with Crippen LogP contribution in [0, 0.1) is 0 Å². The summed E-state index contributed by atoms with van der Waals surface area (Å²) < 4.78 is 2.61. The van der Waals surface area contributed by atoms with Gasteiger partial charge in [0.15, 0.2) is 0 Å². The average molecular weight is 758 g/mol. The number of aromatic nitrogens is 1. The molecule has 0 atom stereocenters. The molecule has 58 heavy (non-hydrogen) atoms. The van der Waals surface area contributed by atoms with Crippen LogP contribution in [-0.4, -0.2) is 4.98 Å². The number of rotatable bonds is 7. The third-order valence-corrected chi connectivity index (χ3v) is 12.9. The third-order valence-electron chi connectivity index (χ3n) is 11.7. The minimum atomic E-state index is 1.11. The lowest BCUT2D eigenvalue weighted by Crippen LogP contribution is -2.10. The highest BCUT2D eigenvalue weighted by molar-refractivity contribution is 7.25. The molecule has 0 radical (unpaired) electrons. The number of hydrogen-bond donors (Lipinski definition) is 1. The quantitative estimate of drug-likeness (QED) is 0.175. The molecule has 1 aliphatic carbocycles. The predicted molar refractivity (Wildman–Crippen MR) is 248 cm³/mol. The van der Waals surface area contributed by atoms with Gasteiger partial charge in [-0.1, -0.05) is 115 Å². The van der Waals surface area contributed by atoms with E-state index >= 15 is 0 Å². The molecule has 0 amide bonds. The van der Waals surface area contributed by atoms with Crippen molar-refractivity contribution >= 4 is 87.3 Å². The summed E-state index contributed by atoms with van der Waals surface area (Å²) in [6.07, 6.45) is 0. The van der Waals surface area contributed by atoms with Crippen LogP contribution < -0.4 is 9.80 Å². The van der Waals surface area contributed by atoms with E-state index in [4.69, 9.17) is 0 Å². The lowest BCUT2D eigenvalue weighted by atomic mass is 10.0. The van der Waals surface area contributed by atoms with E-state index < -0.39 is 0 Å². The van der Waals surface area contributed by atoms with E-state index in [1.54, 1.807) is 0 Å². The molecule has 2 heterocycles. The predicted octanol–water partition coefficient (Wildman–Crippen LogP) is 15.9. The second-order valence-electron chi connectivity index (χ2n) is 15.0. The number of para-hydroxylation sites is 2. The Bertz CT molecular complexity index is 3280. The molecule has 11 aromatic rings. The van der Waals surface area contributed by atoms with Crippen molar-refractivity contribution in [2.24, 2.45) is 0 Å². The number of thiophene rings is 1. The van der Waals surface area contributed by atoms with Crippen molar-refractivity contribution in [2.75, 3.05) is 9.80 Å².